The largest absolute Gasteiger partial charge is 0.479 e. The van der Waals surface area contributed by atoms with Crippen molar-refractivity contribution in [2.45, 2.75) is 20.0 Å². The highest BCUT2D eigenvalue weighted by Gasteiger charge is 2.16. The van der Waals surface area contributed by atoms with Crippen molar-refractivity contribution >= 4 is 52.1 Å². The minimum Gasteiger partial charge on any atom is -0.479 e. The monoisotopic (exact) mass is 397 g/mol. The van der Waals surface area contributed by atoms with E-state index in [1.807, 2.05) is 13.0 Å². The van der Waals surface area contributed by atoms with E-state index in [0.717, 1.165) is 11.3 Å². The lowest BCUT2D eigenvalue weighted by Crippen LogP contribution is -2.48. The van der Waals surface area contributed by atoms with Crippen molar-refractivity contribution in [1.29, 1.82) is 0 Å². The Labute approximate surface area is 161 Å². The SMILES string of the molecule is Cc1ccc(Cl)c(O[C@@H](C)C(=O)NNC(=S)Nc2ccc(Cl)cc2)c1. The molecule has 5 nitrogen and oxygen atoms in total. The maximum atomic E-state index is 12.1. The Morgan fingerprint density at radius 2 is 1.80 bits per heavy atom. The van der Waals surface area contributed by atoms with Crippen LogP contribution in [0.5, 0.6) is 5.75 Å². The quantitative estimate of drug-likeness (QED) is 0.535. The summed E-state index contributed by atoms with van der Waals surface area (Å²) >= 11 is 17.0. The summed E-state index contributed by atoms with van der Waals surface area (Å²) in [6.07, 6.45) is -0.759. The lowest BCUT2D eigenvalue weighted by molar-refractivity contribution is -0.127. The van der Waals surface area contributed by atoms with Crippen molar-refractivity contribution in [2.24, 2.45) is 0 Å². The highest BCUT2D eigenvalue weighted by atomic mass is 35.5. The smallest absolute Gasteiger partial charge is 0.279 e. The Balaban J connectivity index is 1.83. The molecule has 0 heterocycles. The van der Waals surface area contributed by atoms with E-state index in [4.69, 9.17) is 40.2 Å². The first-order valence-corrected chi connectivity index (χ1v) is 8.57. The van der Waals surface area contributed by atoms with Crippen LogP contribution >= 0.6 is 35.4 Å². The number of anilines is 1. The van der Waals surface area contributed by atoms with E-state index < -0.39 is 12.0 Å². The normalized spacial score (nSPS) is 11.4. The number of aryl methyl sites for hydroxylation is 1. The number of nitrogens with one attached hydrogen (secondary N) is 3. The van der Waals surface area contributed by atoms with Crippen molar-refractivity contribution in [2.75, 3.05) is 5.32 Å². The molecule has 0 aliphatic heterocycles. The molecular weight excluding hydrogens is 381 g/mol. The van der Waals surface area contributed by atoms with Gasteiger partial charge in [0.1, 0.15) is 5.75 Å². The van der Waals surface area contributed by atoms with E-state index in [0.29, 0.717) is 15.8 Å². The molecule has 132 valence electrons. The van der Waals surface area contributed by atoms with Gasteiger partial charge in [0.25, 0.3) is 5.91 Å². The molecule has 3 N–H and O–H groups in total. The number of halogens is 2. The number of benzene rings is 2. The van der Waals surface area contributed by atoms with Crippen molar-refractivity contribution < 1.29 is 9.53 Å². The Morgan fingerprint density at radius 3 is 2.48 bits per heavy atom. The summed E-state index contributed by atoms with van der Waals surface area (Å²) in [6.45, 7) is 3.53. The van der Waals surface area contributed by atoms with E-state index in [1.54, 1.807) is 43.3 Å². The lowest BCUT2D eigenvalue weighted by atomic mass is 10.2. The summed E-state index contributed by atoms with van der Waals surface area (Å²) in [4.78, 5) is 12.1. The van der Waals surface area contributed by atoms with Gasteiger partial charge in [0.2, 0.25) is 0 Å². The van der Waals surface area contributed by atoms with Crippen LogP contribution in [0.4, 0.5) is 5.69 Å². The second-order valence-electron chi connectivity index (χ2n) is 5.27. The Morgan fingerprint density at radius 1 is 1.12 bits per heavy atom. The molecule has 0 spiro atoms. The molecule has 1 atom stereocenters. The number of hydrogen-bond acceptors (Lipinski definition) is 3. The third kappa shape index (κ3) is 6.08. The number of hydrazine groups is 1. The maximum Gasteiger partial charge on any atom is 0.279 e. The molecule has 25 heavy (non-hydrogen) atoms. The first kappa shape index (κ1) is 19.3. The van der Waals surface area contributed by atoms with Crippen molar-refractivity contribution in [3.63, 3.8) is 0 Å². The number of ether oxygens (including phenoxy) is 1. The van der Waals surface area contributed by atoms with Crippen LogP contribution in [0, 0.1) is 6.92 Å². The third-order valence-corrected chi connectivity index (χ3v) is 3.93. The first-order valence-electron chi connectivity index (χ1n) is 7.40. The molecule has 0 radical (unpaired) electrons. The Bertz CT molecular complexity index is 769. The molecule has 0 aliphatic rings. The Kier molecular flexibility index (Phi) is 6.87. The van der Waals surface area contributed by atoms with Gasteiger partial charge in [0.15, 0.2) is 11.2 Å². The molecule has 0 aliphatic carbocycles. The topological polar surface area (TPSA) is 62.4 Å². The van der Waals surface area contributed by atoms with E-state index in [9.17, 15) is 4.79 Å². The summed E-state index contributed by atoms with van der Waals surface area (Å²) in [5.41, 5.74) is 6.82. The fraction of sp³-hybridized carbons (Fsp3) is 0.176. The van der Waals surface area contributed by atoms with E-state index in [2.05, 4.69) is 16.2 Å². The van der Waals surface area contributed by atoms with Crippen molar-refractivity contribution in [3.8, 4) is 5.75 Å². The van der Waals surface area contributed by atoms with Gasteiger partial charge in [0.05, 0.1) is 5.02 Å². The van der Waals surface area contributed by atoms with Crippen LogP contribution in [0.1, 0.15) is 12.5 Å². The summed E-state index contributed by atoms with van der Waals surface area (Å²) in [6, 6.07) is 12.3. The zero-order chi connectivity index (χ0) is 18.4. The highest BCUT2D eigenvalue weighted by Crippen LogP contribution is 2.26. The average molecular weight is 398 g/mol. The van der Waals surface area contributed by atoms with Crippen molar-refractivity contribution in [3.05, 3.63) is 58.1 Å². The fourth-order valence-corrected chi connectivity index (χ4v) is 2.32. The fourth-order valence-electron chi connectivity index (χ4n) is 1.86. The molecule has 0 bridgehead atoms. The number of carbonyl (C=O) groups excluding carboxylic acids is 1. The van der Waals surface area contributed by atoms with Crippen LogP contribution in [0.3, 0.4) is 0 Å². The predicted molar refractivity (Wildman–Crippen MR) is 105 cm³/mol. The van der Waals surface area contributed by atoms with Crippen LogP contribution in [-0.4, -0.2) is 17.1 Å². The van der Waals surface area contributed by atoms with Gasteiger partial charge in [-0.3, -0.25) is 15.6 Å². The molecule has 1 amide bonds. The van der Waals surface area contributed by atoms with Gasteiger partial charge < -0.3 is 10.1 Å². The van der Waals surface area contributed by atoms with Gasteiger partial charge in [-0.2, -0.15) is 0 Å². The zero-order valence-corrected chi connectivity index (χ0v) is 15.9. The average Bonchev–Trinajstić information content (AvgIpc) is 2.58. The van der Waals surface area contributed by atoms with Crippen LogP contribution in [0.25, 0.3) is 0 Å². The van der Waals surface area contributed by atoms with Crippen LogP contribution in [-0.2, 0) is 4.79 Å². The van der Waals surface area contributed by atoms with Crippen LogP contribution in [0.2, 0.25) is 10.0 Å². The second kappa shape index (κ2) is 8.89. The molecule has 2 aromatic carbocycles. The predicted octanol–water partition coefficient (Wildman–Crippen LogP) is 4.09. The number of rotatable bonds is 4. The molecule has 8 heteroatoms. The van der Waals surface area contributed by atoms with E-state index >= 15 is 0 Å². The van der Waals surface area contributed by atoms with Gasteiger partial charge in [-0.25, -0.2) is 0 Å². The van der Waals surface area contributed by atoms with E-state index in [1.165, 1.54) is 0 Å². The maximum absolute atomic E-state index is 12.1. The first-order chi connectivity index (χ1) is 11.8. The number of hydrogen-bond donors (Lipinski definition) is 3. The molecule has 0 fully saturated rings. The van der Waals surface area contributed by atoms with Gasteiger partial charge in [-0.05, 0) is 68.0 Å². The standard InChI is InChI=1S/C17H17Cl2N3O2S/c1-10-3-8-14(19)15(9-10)24-11(2)16(23)21-22-17(25)20-13-6-4-12(18)5-7-13/h3-9,11H,1-2H3,(H,21,23)(H2,20,22,25)/t11-/m0/s1. The minimum absolute atomic E-state index is 0.233. The van der Waals surface area contributed by atoms with Crippen LogP contribution < -0.4 is 20.9 Å². The lowest BCUT2D eigenvalue weighted by Gasteiger charge is -2.17. The molecule has 0 aromatic heterocycles. The minimum atomic E-state index is -0.759. The van der Waals surface area contributed by atoms with Gasteiger partial charge in [-0.1, -0.05) is 29.3 Å². The molecule has 2 aromatic rings. The number of amides is 1. The zero-order valence-electron chi connectivity index (χ0n) is 13.6. The summed E-state index contributed by atoms with van der Waals surface area (Å²) in [5, 5.41) is 4.21. The summed E-state index contributed by atoms with van der Waals surface area (Å²) in [5.74, 6) is 0.0593. The Hall–Kier alpha value is -2.02. The van der Waals surface area contributed by atoms with E-state index in [-0.39, 0.29) is 5.11 Å². The van der Waals surface area contributed by atoms with Crippen molar-refractivity contribution in [1.82, 2.24) is 10.9 Å². The molecule has 0 saturated carbocycles. The summed E-state index contributed by atoms with van der Waals surface area (Å²) < 4.78 is 5.59. The third-order valence-electron chi connectivity index (χ3n) is 3.16. The number of carbonyl (C=O) groups is 1. The summed E-state index contributed by atoms with van der Waals surface area (Å²) in [7, 11) is 0. The molecule has 0 unspecified atom stereocenters. The van der Waals surface area contributed by atoms with Gasteiger partial charge in [0, 0.05) is 10.7 Å². The second-order valence-corrected chi connectivity index (χ2v) is 6.52. The molecule has 0 saturated heterocycles. The highest BCUT2D eigenvalue weighted by molar-refractivity contribution is 7.80. The number of thiocarbonyl (C=S) groups is 1. The molecular formula is C17H17Cl2N3O2S. The van der Waals surface area contributed by atoms with Gasteiger partial charge >= 0.3 is 0 Å². The molecule has 2 rings (SSSR count). The van der Waals surface area contributed by atoms with Gasteiger partial charge in [-0.15, -0.1) is 0 Å². The van der Waals surface area contributed by atoms with Crippen LogP contribution in [0.15, 0.2) is 42.5 Å².